The molecule has 0 saturated carbocycles. The number of nitrogens with zero attached hydrogens (tertiary/aromatic N) is 1. The number of alkyl halides is 4. The molecule has 20 heavy (non-hydrogen) atoms. The van der Waals surface area contributed by atoms with Gasteiger partial charge in [0.25, 0.3) is 5.69 Å². The van der Waals surface area contributed by atoms with Gasteiger partial charge in [0.1, 0.15) is 0 Å². The van der Waals surface area contributed by atoms with Crippen LogP contribution >= 0.6 is 11.6 Å². The summed E-state index contributed by atoms with van der Waals surface area (Å²) in [6.07, 6.45) is -4.95. The molecule has 1 aromatic carbocycles. The topological polar surface area (TPSA) is 69.4 Å². The summed E-state index contributed by atoms with van der Waals surface area (Å²) in [5, 5.41) is 10.8. The molecule has 0 saturated heterocycles. The molecule has 110 valence electrons. The zero-order chi connectivity index (χ0) is 15.5. The molecule has 0 heterocycles. The first-order valence-electron chi connectivity index (χ1n) is 5.27. The molecule has 0 aliphatic carbocycles. The minimum Gasteiger partial charge on any atom is -0.446 e. The lowest BCUT2D eigenvalue weighted by molar-refractivity contribution is -0.385. The number of carbonyl (C=O) groups excluding carboxylic acids is 1. The fraction of sp³-hybridized carbons (Fsp3) is 0.364. The summed E-state index contributed by atoms with van der Waals surface area (Å²) in [4.78, 5) is 20.5. The van der Waals surface area contributed by atoms with Crippen LogP contribution in [0, 0.1) is 10.1 Å². The van der Waals surface area contributed by atoms with Crippen molar-refractivity contribution < 1.29 is 27.6 Å². The summed E-state index contributed by atoms with van der Waals surface area (Å²) < 4.78 is 42.0. The lowest BCUT2D eigenvalue weighted by Gasteiger charge is -2.11. The lowest BCUT2D eigenvalue weighted by Crippen LogP contribution is -2.14. The highest BCUT2D eigenvalue weighted by Crippen LogP contribution is 2.33. The second kappa shape index (κ2) is 6.08. The standard InChI is InChI=1S/C11H9ClF3NO4/c1-6(17)20-10(12)4-7-2-3-8(11(13,14)15)5-9(7)16(18)19/h2-3,5,10H,4H2,1H3. The van der Waals surface area contributed by atoms with E-state index in [0.717, 1.165) is 13.0 Å². The van der Waals surface area contributed by atoms with Gasteiger partial charge in [0.05, 0.1) is 10.5 Å². The van der Waals surface area contributed by atoms with Gasteiger partial charge in [0, 0.05) is 25.0 Å². The highest BCUT2D eigenvalue weighted by molar-refractivity contribution is 6.20. The summed E-state index contributed by atoms with van der Waals surface area (Å²) in [6.45, 7) is 1.09. The van der Waals surface area contributed by atoms with Crippen molar-refractivity contribution in [1.82, 2.24) is 0 Å². The Bertz CT molecular complexity index is 533. The van der Waals surface area contributed by atoms with Crippen LogP contribution in [0.1, 0.15) is 18.1 Å². The van der Waals surface area contributed by atoms with Crippen LogP contribution in [0.3, 0.4) is 0 Å². The number of ether oxygens (including phenoxy) is 1. The molecule has 0 N–H and O–H groups in total. The number of carbonyl (C=O) groups is 1. The fourth-order valence-corrected chi connectivity index (χ4v) is 1.77. The smallest absolute Gasteiger partial charge is 0.416 e. The fourth-order valence-electron chi connectivity index (χ4n) is 1.48. The van der Waals surface area contributed by atoms with Gasteiger partial charge in [0.15, 0.2) is 5.56 Å². The molecule has 0 radical (unpaired) electrons. The Kier molecular flexibility index (Phi) is 4.93. The average molecular weight is 312 g/mol. The van der Waals surface area contributed by atoms with Crippen molar-refractivity contribution in [3.63, 3.8) is 0 Å². The molecule has 5 nitrogen and oxygen atoms in total. The van der Waals surface area contributed by atoms with Gasteiger partial charge in [-0.25, -0.2) is 0 Å². The van der Waals surface area contributed by atoms with Crippen molar-refractivity contribution in [2.75, 3.05) is 0 Å². The van der Waals surface area contributed by atoms with Crippen molar-refractivity contribution in [1.29, 1.82) is 0 Å². The van der Waals surface area contributed by atoms with Crippen molar-refractivity contribution in [2.45, 2.75) is 25.1 Å². The molecule has 1 rings (SSSR count). The Morgan fingerprint density at radius 1 is 1.50 bits per heavy atom. The van der Waals surface area contributed by atoms with Crippen molar-refractivity contribution >= 4 is 23.3 Å². The predicted molar refractivity (Wildman–Crippen MR) is 63.2 cm³/mol. The Morgan fingerprint density at radius 2 is 2.10 bits per heavy atom. The Morgan fingerprint density at radius 3 is 2.55 bits per heavy atom. The molecule has 1 unspecified atom stereocenters. The zero-order valence-electron chi connectivity index (χ0n) is 10.1. The van der Waals surface area contributed by atoms with E-state index in [9.17, 15) is 28.1 Å². The van der Waals surface area contributed by atoms with Crippen LogP contribution in [0.15, 0.2) is 18.2 Å². The highest BCUT2D eigenvalue weighted by Gasteiger charge is 2.33. The summed E-state index contributed by atoms with van der Waals surface area (Å²) in [5.41, 5.74) is -3.10. The zero-order valence-corrected chi connectivity index (χ0v) is 10.9. The molecule has 0 aliphatic rings. The summed E-state index contributed by atoms with van der Waals surface area (Å²) in [5.74, 6) is -0.695. The van der Waals surface area contributed by atoms with Crippen molar-refractivity contribution in [3.05, 3.63) is 39.4 Å². The van der Waals surface area contributed by atoms with Gasteiger partial charge >= 0.3 is 12.1 Å². The van der Waals surface area contributed by atoms with E-state index >= 15 is 0 Å². The molecule has 0 spiro atoms. The summed E-state index contributed by atoms with van der Waals surface area (Å²) in [7, 11) is 0. The molecule has 1 aromatic rings. The number of nitro groups is 1. The first-order chi connectivity index (χ1) is 9.11. The monoisotopic (exact) mass is 311 g/mol. The van der Waals surface area contributed by atoms with Gasteiger partial charge in [-0.2, -0.15) is 13.2 Å². The van der Waals surface area contributed by atoms with E-state index < -0.39 is 33.9 Å². The molecular weight excluding hydrogens is 303 g/mol. The van der Waals surface area contributed by atoms with Crippen molar-refractivity contribution in [2.24, 2.45) is 0 Å². The van der Waals surface area contributed by atoms with Gasteiger partial charge in [-0.15, -0.1) is 0 Å². The maximum Gasteiger partial charge on any atom is 0.416 e. The van der Waals surface area contributed by atoms with E-state index in [4.69, 9.17) is 11.6 Å². The van der Waals surface area contributed by atoms with Gasteiger partial charge in [-0.3, -0.25) is 14.9 Å². The number of halogens is 4. The van der Waals surface area contributed by atoms with Crippen molar-refractivity contribution in [3.8, 4) is 0 Å². The molecule has 0 aliphatic heterocycles. The Hall–Kier alpha value is -1.83. The minimum atomic E-state index is -4.68. The summed E-state index contributed by atoms with van der Waals surface area (Å²) >= 11 is 5.63. The van der Waals surface area contributed by atoms with Crippen LogP contribution in [-0.2, 0) is 22.1 Å². The van der Waals surface area contributed by atoms with Gasteiger partial charge < -0.3 is 4.74 Å². The predicted octanol–water partition coefficient (Wildman–Crippen LogP) is 3.28. The Labute approximate surface area is 116 Å². The number of esters is 1. The largest absolute Gasteiger partial charge is 0.446 e. The van der Waals surface area contributed by atoms with Crippen LogP contribution < -0.4 is 0 Å². The van der Waals surface area contributed by atoms with Gasteiger partial charge in [-0.1, -0.05) is 17.7 Å². The molecule has 0 amide bonds. The van der Waals surface area contributed by atoms with E-state index in [2.05, 4.69) is 4.74 Å². The number of benzene rings is 1. The number of hydrogen-bond donors (Lipinski definition) is 0. The van der Waals surface area contributed by atoms with E-state index in [-0.39, 0.29) is 12.0 Å². The third-order valence-corrected chi connectivity index (χ3v) is 2.53. The number of hydrogen-bond acceptors (Lipinski definition) is 4. The van der Waals surface area contributed by atoms with Gasteiger partial charge in [-0.05, 0) is 6.07 Å². The average Bonchev–Trinajstić information content (AvgIpc) is 2.26. The van der Waals surface area contributed by atoms with E-state index in [1.807, 2.05) is 0 Å². The molecule has 1 atom stereocenters. The van der Waals surface area contributed by atoms with E-state index in [1.165, 1.54) is 0 Å². The third kappa shape index (κ3) is 4.37. The first-order valence-corrected chi connectivity index (χ1v) is 5.70. The molecule has 9 heteroatoms. The minimum absolute atomic E-state index is 0.0516. The van der Waals surface area contributed by atoms with Crippen LogP contribution in [0.4, 0.5) is 18.9 Å². The second-order valence-corrected chi connectivity index (χ2v) is 4.31. The second-order valence-electron chi connectivity index (χ2n) is 3.82. The van der Waals surface area contributed by atoms with Crippen LogP contribution in [0.25, 0.3) is 0 Å². The quantitative estimate of drug-likeness (QED) is 0.370. The molecule has 0 bridgehead atoms. The molecule has 0 fully saturated rings. The molecule has 0 aromatic heterocycles. The SMILES string of the molecule is CC(=O)OC(Cl)Cc1ccc(C(F)(F)F)cc1[N+](=O)[O-]. The third-order valence-electron chi connectivity index (χ3n) is 2.28. The van der Waals surface area contributed by atoms with E-state index in [0.29, 0.717) is 12.1 Å². The van der Waals surface area contributed by atoms with Crippen LogP contribution in [-0.4, -0.2) is 16.5 Å². The normalized spacial score (nSPS) is 12.8. The van der Waals surface area contributed by atoms with Crippen LogP contribution in [0.2, 0.25) is 0 Å². The highest BCUT2D eigenvalue weighted by atomic mass is 35.5. The number of nitro benzene ring substituents is 1. The number of rotatable bonds is 4. The van der Waals surface area contributed by atoms with Crippen LogP contribution in [0.5, 0.6) is 0 Å². The maximum absolute atomic E-state index is 12.5. The first kappa shape index (κ1) is 16.2. The van der Waals surface area contributed by atoms with E-state index in [1.54, 1.807) is 0 Å². The lowest BCUT2D eigenvalue weighted by atomic mass is 10.1. The Balaban J connectivity index is 3.08. The molecular formula is C11H9ClF3NO4. The maximum atomic E-state index is 12.5. The van der Waals surface area contributed by atoms with Gasteiger partial charge in [0.2, 0.25) is 0 Å². The summed E-state index contributed by atoms with van der Waals surface area (Å²) in [6, 6.07) is 2.08.